The van der Waals surface area contributed by atoms with Crippen molar-refractivity contribution in [2.45, 2.75) is 496 Å². The molecule has 636 valence electrons. The Balaban J connectivity index is 5.23. The van der Waals surface area contributed by atoms with E-state index in [1.165, 1.54) is 302 Å². The number of aliphatic hydroxyl groups excluding tert-OH is 1. The molecule has 0 saturated carbocycles. The van der Waals surface area contributed by atoms with Gasteiger partial charge in [-0.1, -0.05) is 426 Å². The predicted octanol–water partition coefficient (Wildman–Crippen LogP) is 27.2. The van der Waals surface area contributed by atoms with Crippen LogP contribution in [-0.2, 0) is 65.4 Å². The van der Waals surface area contributed by atoms with E-state index in [0.29, 0.717) is 25.7 Å². The van der Waals surface area contributed by atoms with Crippen LogP contribution in [0.5, 0.6) is 0 Å². The van der Waals surface area contributed by atoms with E-state index in [1.807, 2.05) is 0 Å². The van der Waals surface area contributed by atoms with Gasteiger partial charge in [0, 0.05) is 25.7 Å². The highest BCUT2D eigenvalue weighted by Gasteiger charge is 2.30. The van der Waals surface area contributed by atoms with Gasteiger partial charge >= 0.3 is 39.5 Å². The average molecular weight is 1560 g/mol. The van der Waals surface area contributed by atoms with E-state index in [4.69, 9.17) is 37.0 Å². The lowest BCUT2D eigenvalue weighted by atomic mass is 10.0. The maximum absolute atomic E-state index is 13.2. The number of ether oxygens (including phenoxy) is 4. The monoisotopic (exact) mass is 1560 g/mol. The van der Waals surface area contributed by atoms with Crippen LogP contribution in [0.2, 0.25) is 0 Å². The first kappa shape index (κ1) is 105. The molecule has 0 fully saturated rings. The summed E-state index contributed by atoms with van der Waals surface area (Å²) in [6, 6.07) is 0. The van der Waals surface area contributed by atoms with Crippen molar-refractivity contribution in [2.75, 3.05) is 39.6 Å². The molecule has 0 saturated heterocycles. The van der Waals surface area contributed by atoms with E-state index in [0.717, 1.165) is 95.8 Å². The van der Waals surface area contributed by atoms with Crippen molar-refractivity contribution in [3.63, 3.8) is 0 Å². The van der Waals surface area contributed by atoms with Crippen LogP contribution in [0.15, 0.2) is 0 Å². The summed E-state index contributed by atoms with van der Waals surface area (Å²) < 4.78 is 69.0. The van der Waals surface area contributed by atoms with E-state index in [2.05, 4.69) is 34.6 Å². The van der Waals surface area contributed by atoms with Crippen molar-refractivity contribution >= 4 is 39.5 Å². The third-order valence-electron chi connectivity index (χ3n) is 20.8. The Kier molecular flexibility index (Phi) is 79.2. The molecule has 0 aliphatic rings. The molecule has 0 radical (unpaired) electrons. The lowest BCUT2D eigenvalue weighted by Gasteiger charge is -2.21. The Labute approximate surface area is 658 Å². The van der Waals surface area contributed by atoms with Gasteiger partial charge in [0.15, 0.2) is 12.2 Å². The van der Waals surface area contributed by atoms with Gasteiger partial charge < -0.3 is 33.8 Å². The quantitative estimate of drug-likeness (QED) is 0.0222. The maximum atomic E-state index is 13.2. The Morgan fingerprint density at radius 1 is 0.252 bits per heavy atom. The molecule has 0 aromatic heterocycles. The van der Waals surface area contributed by atoms with Crippen molar-refractivity contribution in [3.8, 4) is 0 Å². The SMILES string of the molecule is CCCCCCCCCCCCCCCCCCCCCCCC(=O)O[C@H](COC(=O)CCCCCCCCCCCCCCCCCCCCCC)COP(=O)(O)OC[C@@H](O)COP(=O)(O)OC[C@@H](COC(=O)CCCCCCCCCCC(C)C)OC(=O)CCCCCCCCCCCCCCCCC. The summed E-state index contributed by atoms with van der Waals surface area (Å²) in [6.07, 6.45) is 75.1. The van der Waals surface area contributed by atoms with Gasteiger partial charge in [0.2, 0.25) is 0 Å². The predicted molar refractivity (Wildman–Crippen MR) is 442 cm³/mol. The van der Waals surface area contributed by atoms with E-state index in [1.54, 1.807) is 0 Å². The van der Waals surface area contributed by atoms with Crippen LogP contribution in [0, 0.1) is 5.92 Å². The first-order valence-electron chi connectivity index (χ1n) is 45.6. The summed E-state index contributed by atoms with van der Waals surface area (Å²) in [5.74, 6) is -1.37. The van der Waals surface area contributed by atoms with E-state index < -0.39 is 97.5 Å². The van der Waals surface area contributed by atoms with Crippen LogP contribution in [0.4, 0.5) is 0 Å². The number of carbonyl (C=O) groups is 4. The van der Waals surface area contributed by atoms with Crippen LogP contribution in [0.25, 0.3) is 0 Å². The van der Waals surface area contributed by atoms with E-state index in [9.17, 15) is 43.2 Å². The highest BCUT2D eigenvalue weighted by Crippen LogP contribution is 2.45. The molecule has 0 bridgehead atoms. The fourth-order valence-electron chi connectivity index (χ4n) is 13.8. The number of unbranched alkanes of at least 4 members (excludes halogenated alkanes) is 60. The molecule has 0 spiro atoms. The molecule has 0 aromatic carbocycles. The standard InChI is InChI=1S/C88H172O17P2/c1-6-9-12-15-18-21-24-27-30-32-34-36-38-40-43-46-49-52-59-64-69-74-87(92)104-83(77-98-85(90)71-66-61-56-50-47-44-42-39-37-35-33-31-28-25-22-19-16-13-10-7-2)79-102-106(94,95)100-75-82(89)76-101-107(96,97)103-80-84(78-99-86(91)72-67-62-57-54-53-55-60-65-70-81(4)5)105-88(93)73-68-63-58-51-48-45-41-29-26-23-20-17-14-11-8-3/h81-84,89H,6-80H2,1-5H3,(H,94,95)(H,96,97)/t82-,83-,84-/m1/s1. The molecule has 3 N–H and O–H groups in total. The Hall–Kier alpha value is -1.94. The van der Waals surface area contributed by atoms with Gasteiger partial charge in [-0.05, 0) is 31.6 Å². The van der Waals surface area contributed by atoms with E-state index >= 15 is 0 Å². The number of phosphoric ester groups is 2. The highest BCUT2D eigenvalue weighted by molar-refractivity contribution is 7.47. The zero-order valence-electron chi connectivity index (χ0n) is 70.3. The summed E-state index contributed by atoms with van der Waals surface area (Å²) in [5.41, 5.74) is 0. The zero-order valence-corrected chi connectivity index (χ0v) is 72.1. The number of rotatable bonds is 88. The minimum absolute atomic E-state index is 0.108. The minimum Gasteiger partial charge on any atom is -0.462 e. The summed E-state index contributed by atoms with van der Waals surface area (Å²) in [7, 11) is -9.93. The van der Waals surface area contributed by atoms with Gasteiger partial charge in [-0.15, -0.1) is 0 Å². The van der Waals surface area contributed by atoms with Crippen LogP contribution in [-0.4, -0.2) is 96.7 Å². The number of aliphatic hydroxyl groups is 1. The summed E-state index contributed by atoms with van der Waals surface area (Å²) >= 11 is 0. The molecule has 17 nitrogen and oxygen atoms in total. The lowest BCUT2D eigenvalue weighted by molar-refractivity contribution is -0.161. The topological polar surface area (TPSA) is 237 Å². The summed E-state index contributed by atoms with van der Waals surface area (Å²) in [6.45, 7) is 7.34. The van der Waals surface area contributed by atoms with Gasteiger partial charge in [-0.25, -0.2) is 9.13 Å². The minimum atomic E-state index is -4.97. The van der Waals surface area contributed by atoms with Crippen molar-refractivity contribution < 1.29 is 80.2 Å². The second-order valence-corrected chi connectivity index (χ2v) is 35.0. The molecule has 2 unspecified atom stereocenters. The molecule has 0 aliphatic carbocycles. The number of hydrogen-bond acceptors (Lipinski definition) is 15. The highest BCUT2D eigenvalue weighted by atomic mass is 31.2. The van der Waals surface area contributed by atoms with Gasteiger partial charge in [-0.2, -0.15) is 0 Å². The first-order valence-corrected chi connectivity index (χ1v) is 48.6. The van der Waals surface area contributed by atoms with Crippen LogP contribution < -0.4 is 0 Å². The number of phosphoric acid groups is 2. The molecule has 0 amide bonds. The Bertz CT molecular complexity index is 2030. The fourth-order valence-corrected chi connectivity index (χ4v) is 15.4. The van der Waals surface area contributed by atoms with Crippen molar-refractivity contribution in [2.24, 2.45) is 5.92 Å². The third-order valence-corrected chi connectivity index (χ3v) is 22.7. The third kappa shape index (κ3) is 81.9. The van der Waals surface area contributed by atoms with Crippen LogP contribution in [0.3, 0.4) is 0 Å². The molecule has 0 heterocycles. The Morgan fingerprint density at radius 2 is 0.430 bits per heavy atom. The molecular weight excluding hydrogens is 1390 g/mol. The number of esters is 4. The molecular formula is C88H172O17P2. The number of carbonyl (C=O) groups excluding carboxylic acids is 4. The molecule has 0 aliphatic heterocycles. The average Bonchev–Trinajstić information content (AvgIpc) is 0.907. The molecule has 0 aromatic rings. The first-order chi connectivity index (χ1) is 52.0. The largest absolute Gasteiger partial charge is 0.472 e. The molecule has 0 rings (SSSR count). The normalized spacial score (nSPS) is 13.7. The van der Waals surface area contributed by atoms with Crippen molar-refractivity contribution in [3.05, 3.63) is 0 Å². The lowest BCUT2D eigenvalue weighted by Crippen LogP contribution is -2.30. The van der Waals surface area contributed by atoms with Gasteiger partial charge in [0.1, 0.15) is 19.3 Å². The maximum Gasteiger partial charge on any atom is 0.472 e. The fraction of sp³-hybridized carbons (Fsp3) is 0.955. The van der Waals surface area contributed by atoms with Gasteiger partial charge in [0.25, 0.3) is 0 Å². The Morgan fingerprint density at radius 3 is 0.636 bits per heavy atom. The second-order valence-electron chi connectivity index (χ2n) is 32.1. The van der Waals surface area contributed by atoms with E-state index in [-0.39, 0.29) is 25.7 Å². The molecule has 5 atom stereocenters. The zero-order chi connectivity index (χ0) is 78.3. The smallest absolute Gasteiger partial charge is 0.462 e. The van der Waals surface area contributed by atoms with Crippen LogP contribution in [0.1, 0.15) is 478 Å². The van der Waals surface area contributed by atoms with Crippen molar-refractivity contribution in [1.29, 1.82) is 0 Å². The van der Waals surface area contributed by atoms with Gasteiger partial charge in [-0.3, -0.25) is 37.3 Å². The second kappa shape index (κ2) is 80.7. The van der Waals surface area contributed by atoms with Crippen LogP contribution >= 0.6 is 15.6 Å². The molecule has 107 heavy (non-hydrogen) atoms. The van der Waals surface area contributed by atoms with Gasteiger partial charge in [0.05, 0.1) is 26.4 Å². The summed E-state index contributed by atoms with van der Waals surface area (Å²) in [4.78, 5) is 73.3. The summed E-state index contributed by atoms with van der Waals surface area (Å²) in [5, 5.41) is 10.7. The van der Waals surface area contributed by atoms with Crippen molar-refractivity contribution in [1.82, 2.24) is 0 Å². The number of hydrogen-bond donors (Lipinski definition) is 3. The molecule has 19 heteroatoms.